The van der Waals surface area contributed by atoms with Crippen LogP contribution in [0.25, 0.3) is 0 Å². The zero-order chi connectivity index (χ0) is 10.1. The van der Waals surface area contributed by atoms with Gasteiger partial charge in [0.05, 0.1) is 6.20 Å². The molecule has 78 valence electrons. The molecular formula is C10H17N3O. The van der Waals surface area contributed by atoms with Gasteiger partial charge >= 0.3 is 0 Å². The molecule has 1 N–H and O–H groups in total. The monoisotopic (exact) mass is 195 g/mol. The molecule has 1 aliphatic rings. The second-order valence-corrected chi connectivity index (χ2v) is 4.44. The molecule has 1 saturated carbocycles. The number of aliphatic hydroxyl groups is 1. The topological polar surface area (TPSA) is 50.9 Å². The first-order valence-corrected chi connectivity index (χ1v) is 5.21. The van der Waals surface area contributed by atoms with E-state index < -0.39 is 6.10 Å². The van der Waals surface area contributed by atoms with Crippen molar-refractivity contribution in [3.05, 3.63) is 11.9 Å². The average Bonchev–Trinajstić information content (AvgIpc) is 2.73. The van der Waals surface area contributed by atoms with Crippen LogP contribution in [-0.4, -0.2) is 20.1 Å². The van der Waals surface area contributed by atoms with Gasteiger partial charge in [-0.05, 0) is 24.7 Å². The van der Waals surface area contributed by atoms with Crippen LogP contribution in [0, 0.1) is 11.8 Å². The van der Waals surface area contributed by atoms with E-state index in [4.69, 9.17) is 0 Å². The summed E-state index contributed by atoms with van der Waals surface area (Å²) in [4.78, 5) is 0. The maximum absolute atomic E-state index is 10.0. The second kappa shape index (κ2) is 3.69. The fourth-order valence-corrected chi connectivity index (χ4v) is 2.28. The van der Waals surface area contributed by atoms with E-state index >= 15 is 0 Å². The molecule has 0 radical (unpaired) electrons. The van der Waals surface area contributed by atoms with Gasteiger partial charge in [0.2, 0.25) is 0 Å². The van der Waals surface area contributed by atoms with E-state index in [1.54, 1.807) is 10.9 Å². The lowest BCUT2D eigenvalue weighted by Gasteiger charge is -2.14. The van der Waals surface area contributed by atoms with Crippen molar-refractivity contribution in [1.29, 1.82) is 0 Å². The molecule has 1 aromatic heterocycles. The molecule has 1 aromatic rings. The Morgan fingerprint density at radius 3 is 2.86 bits per heavy atom. The molecule has 1 aliphatic carbocycles. The molecule has 3 atom stereocenters. The highest BCUT2D eigenvalue weighted by Crippen LogP contribution is 2.37. The first-order chi connectivity index (χ1) is 6.66. The average molecular weight is 195 g/mol. The number of hydrogen-bond donors (Lipinski definition) is 1. The van der Waals surface area contributed by atoms with Crippen molar-refractivity contribution >= 4 is 0 Å². The van der Waals surface area contributed by atoms with Crippen molar-refractivity contribution in [2.24, 2.45) is 18.9 Å². The van der Waals surface area contributed by atoms with Gasteiger partial charge in [-0.1, -0.05) is 18.6 Å². The molecule has 14 heavy (non-hydrogen) atoms. The van der Waals surface area contributed by atoms with Gasteiger partial charge in [0.25, 0.3) is 0 Å². The van der Waals surface area contributed by atoms with Crippen LogP contribution < -0.4 is 0 Å². The van der Waals surface area contributed by atoms with Gasteiger partial charge in [-0.25, -0.2) is 0 Å². The summed E-state index contributed by atoms with van der Waals surface area (Å²) < 4.78 is 1.64. The standard InChI is InChI=1S/C10H17N3O/c1-7-3-4-8(5-7)10(14)9-6-13(2)12-11-9/h6-8,10,14H,3-5H2,1-2H3. The maximum Gasteiger partial charge on any atom is 0.111 e. The van der Waals surface area contributed by atoms with Crippen LogP contribution in [-0.2, 0) is 7.05 Å². The Morgan fingerprint density at radius 1 is 1.57 bits per heavy atom. The van der Waals surface area contributed by atoms with Crippen molar-refractivity contribution in [3.8, 4) is 0 Å². The van der Waals surface area contributed by atoms with Crippen LogP contribution in [0.15, 0.2) is 6.20 Å². The summed E-state index contributed by atoms with van der Waals surface area (Å²) in [6, 6.07) is 0. The third-order valence-corrected chi connectivity index (χ3v) is 3.11. The number of nitrogens with zero attached hydrogens (tertiary/aromatic N) is 3. The number of aryl methyl sites for hydroxylation is 1. The molecule has 1 heterocycles. The molecule has 1 fully saturated rings. The summed E-state index contributed by atoms with van der Waals surface area (Å²) >= 11 is 0. The van der Waals surface area contributed by atoms with E-state index in [1.807, 2.05) is 7.05 Å². The Balaban J connectivity index is 2.05. The van der Waals surface area contributed by atoms with E-state index in [-0.39, 0.29) is 0 Å². The minimum absolute atomic E-state index is 0.377. The van der Waals surface area contributed by atoms with Gasteiger partial charge in [-0.2, -0.15) is 0 Å². The number of rotatable bonds is 2. The van der Waals surface area contributed by atoms with Crippen molar-refractivity contribution in [3.63, 3.8) is 0 Å². The van der Waals surface area contributed by atoms with Crippen LogP contribution in [0.2, 0.25) is 0 Å². The highest BCUT2D eigenvalue weighted by atomic mass is 16.3. The third-order valence-electron chi connectivity index (χ3n) is 3.11. The molecule has 2 rings (SSSR count). The predicted molar refractivity (Wildman–Crippen MR) is 52.5 cm³/mol. The fraction of sp³-hybridized carbons (Fsp3) is 0.800. The van der Waals surface area contributed by atoms with Crippen molar-refractivity contribution < 1.29 is 5.11 Å². The zero-order valence-corrected chi connectivity index (χ0v) is 8.72. The molecule has 0 amide bonds. The summed E-state index contributed by atoms with van der Waals surface area (Å²) in [6.45, 7) is 2.24. The molecule has 3 unspecified atom stereocenters. The smallest absolute Gasteiger partial charge is 0.111 e. The van der Waals surface area contributed by atoms with Crippen LogP contribution >= 0.6 is 0 Å². The third kappa shape index (κ3) is 1.80. The highest BCUT2D eigenvalue weighted by Gasteiger charge is 2.29. The van der Waals surface area contributed by atoms with Crippen molar-refractivity contribution in [2.45, 2.75) is 32.3 Å². The fourth-order valence-electron chi connectivity index (χ4n) is 2.28. The molecule has 0 aliphatic heterocycles. The molecule has 4 nitrogen and oxygen atoms in total. The predicted octanol–water partition coefficient (Wildman–Crippen LogP) is 1.28. The van der Waals surface area contributed by atoms with Crippen LogP contribution in [0.3, 0.4) is 0 Å². The molecule has 0 bridgehead atoms. The largest absolute Gasteiger partial charge is 0.386 e. The minimum atomic E-state index is -0.423. The normalized spacial score (nSPS) is 29.4. The van der Waals surface area contributed by atoms with Gasteiger partial charge < -0.3 is 5.11 Å². The van der Waals surface area contributed by atoms with Crippen LogP contribution in [0.5, 0.6) is 0 Å². The summed E-state index contributed by atoms with van der Waals surface area (Å²) in [5, 5.41) is 17.8. The van der Waals surface area contributed by atoms with E-state index in [0.717, 1.165) is 18.8 Å². The molecular weight excluding hydrogens is 178 g/mol. The van der Waals surface area contributed by atoms with E-state index in [1.165, 1.54) is 6.42 Å². The summed E-state index contributed by atoms with van der Waals surface area (Å²) in [6.07, 6.45) is 4.82. The first-order valence-electron chi connectivity index (χ1n) is 5.21. The van der Waals surface area contributed by atoms with Gasteiger partial charge in [-0.15, -0.1) is 5.10 Å². The lowest BCUT2D eigenvalue weighted by Crippen LogP contribution is -2.09. The zero-order valence-electron chi connectivity index (χ0n) is 8.72. The number of aliphatic hydroxyl groups excluding tert-OH is 1. The number of aromatic nitrogens is 3. The second-order valence-electron chi connectivity index (χ2n) is 4.44. The Bertz CT molecular complexity index is 310. The van der Waals surface area contributed by atoms with Gasteiger partial charge in [0, 0.05) is 7.05 Å². The minimum Gasteiger partial charge on any atom is -0.386 e. The SMILES string of the molecule is CC1CCC(C(O)c2cn(C)nn2)C1. The summed E-state index contributed by atoms with van der Waals surface area (Å²) in [7, 11) is 1.82. The van der Waals surface area contributed by atoms with Gasteiger partial charge in [0.1, 0.15) is 11.8 Å². The molecule has 0 spiro atoms. The van der Waals surface area contributed by atoms with Crippen LogP contribution in [0.4, 0.5) is 0 Å². The van der Waals surface area contributed by atoms with Gasteiger partial charge in [0.15, 0.2) is 0 Å². The van der Waals surface area contributed by atoms with Gasteiger partial charge in [-0.3, -0.25) is 4.68 Å². The van der Waals surface area contributed by atoms with Crippen LogP contribution in [0.1, 0.15) is 38.0 Å². The Kier molecular flexibility index (Phi) is 2.54. The van der Waals surface area contributed by atoms with E-state index in [2.05, 4.69) is 17.2 Å². The van der Waals surface area contributed by atoms with Crippen molar-refractivity contribution in [2.75, 3.05) is 0 Å². The Hall–Kier alpha value is -0.900. The maximum atomic E-state index is 10.0. The van der Waals surface area contributed by atoms with E-state index in [0.29, 0.717) is 11.6 Å². The summed E-state index contributed by atoms with van der Waals surface area (Å²) in [5.74, 6) is 1.12. The Labute approximate surface area is 83.9 Å². The molecule has 4 heteroatoms. The lowest BCUT2D eigenvalue weighted by molar-refractivity contribution is 0.105. The number of hydrogen-bond acceptors (Lipinski definition) is 3. The quantitative estimate of drug-likeness (QED) is 0.773. The Morgan fingerprint density at radius 2 is 2.36 bits per heavy atom. The highest BCUT2D eigenvalue weighted by molar-refractivity contribution is 5.00. The van der Waals surface area contributed by atoms with E-state index in [9.17, 15) is 5.11 Å². The molecule has 0 aromatic carbocycles. The lowest BCUT2D eigenvalue weighted by atomic mass is 9.97. The first kappa shape index (κ1) is 9.65. The summed E-state index contributed by atoms with van der Waals surface area (Å²) in [5.41, 5.74) is 0.714. The molecule has 0 saturated heterocycles. The van der Waals surface area contributed by atoms with Crippen molar-refractivity contribution in [1.82, 2.24) is 15.0 Å².